The van der Waals surface area contributed by atoms with Crippen LogP contribution in [-0.2, 0) is 14.3 Å². The number of hydrogen-bond acceptors (Lipinski definition) is 3. The summed E-state index contributed by atoms with van der Waals surface area (Å²) in [5.74, 6) is 0.100. The molecule has 1 heterocycles. The summed E-state index contributed by atoms with van der Waals surface area (Å²) in [7, 11) is 0. The van der Waals surface area contributed by atoms with Crippen LogP contribution in [0.5, 0.6) is 0 Å². The first-order chi connectivity index (χ1) is 10.1. The second-order valence-corrected chi connectivity index (χ2v) is 6.28. The lowest BCUT2D eigenvalue weighted by Crippen LogP contribution is -2.72. The van der Waals surface area contributed by atoms with Crippen LogP contribution in [0, 0.1) is 0 Å². The van der Waals surface area contributed by atoms with E-state index in [1.165, 1.54) is 0 Å². The second kappa shape index (κ2) is 6.77. The Morgan fingerprint density at radius 2 is 1.95 bits per heavy atom. The lowest BCUT2D eigenvalue weighted by atomic mass is 9.78. The third-order valence-corrected chi connectivity index (χ3v) is 4.78. The van der Waals surface area contributed by atoms with E-state index in [4.69, 9.17) is 4.74 Å². The zero-order valence-electron chi connectivity index (χ0n) is 13.5. The van der Waals surface area contributed by atoms with Crippen molar-refractivity contribution in [1.29, 1.82) is 0 Å². The first-order valence-corrected chi connectivity index (χ1v) is 8.28. The largest absolute Gasteiger partial charge is 0.380 e. The van der Waals surface area contributed by atoms with Crippen molar-refractivity contribution in [2.24, 2.45) is 0 Å². The Hall–Kier alpha value is -1.10. The number of nitrogens with zero attached hydrogens (tertiary/aromatic N) is 1. The molecule has 1 N–H and O–H groups in total. The van der Waals surface area contributed by atoms with Crippen LogP contribution in [0.3, 0.4) is 0 Å². The maximum atomic E-state index is 13.1. The smallest absolute Gasteiger partial charge is 0.249 e. The lowest BCUT2D eigenvalue weighted by molar-refractivity contribution is -0.160. The molecule has 2 aliphatic rings. The van der Waals surface area contributed by atoms with E-state index in [0.29, 0.717) is 19.6 Å². The molecule has 2 rings (SSSR count). The average Bonchev–Trinajstić information content (AvgIpc) is 2.49. The molecule has 1 saturated carbocycles. The molecule has 1 saturated heterocycles. The summed E-state index contributed by atoms with van der Waals surface area (Å²) in [6, 6.07) is -0.423. The van der Waals surface area contributed by atoms with Crippen molar-refractivity contribution < 1.29 is 14.3 Å². The maximum Gasteiger partial charge on any atom is 0.249 e. The molecule has 1 aliphatic heterocycles. The summed E-state index contributed by atoms with van der Waals surface area (Å²) in [4.78, 5) is 27.4. The predicted molar refractivity (Wildman–Crippen MR) is 80.8 cm³/mol. The molecule has 21 heavy (non-hydrogen) atoms. The lowest BCUT2D eigenvalue weighted by Gasteiger charge is -2.49. The van der Waals surface area contributed by atoms with Gasteiger partial charge < -0.3 is 15.0 Å². The van der Waals surface area contributed by atoms with Crippen molar-refractivity contribution in [3.05, 3.63) is 0 Å². The second-order valence-electron chi connectivity index (χ2n) is 6.28. The van der Waals surface area contributed by atoms with Crippen LogP contribution in [0.15, 0.2) is 0 Å². The van der Waals surface area contributed by atoms with Crippen LogP contribution in [-0.4, -0.2) is 47.6 Å². The van der Waals surface area contributed by atoms with Crippen molar-refractivity contribution in [1.82, 2.24) is 10.2 Å². The summed E-state index contributed by atoms with van der Waals surface area (Å²) >= 11 is 0. The van der Waals surface area contributed by atoms with Gasteiger partial charge in [0.1, 0.15) is 11.6 Å². The number of hydrogen-bond donors (Lipinski definition) is 1. The van der Waals surface area contributed by atoms with Gasteiger partial charge in [0.25, 0.3) is 0 Å². The fraction of sp³-hybridized carbons (Fsp3) is 0.875. The Labute approximate surface area is 127 Å². The van der Waals surface area contributed by atoms with Crippen molar-refractivity contribution in [2.45, 2.75) is 76.9 Å². The summed E-state index contributed by atoms with van der Waals surface area (Å²) < 4.78 is 5.48. The van der Waals surface area contributed by atoms with Gasteiger partial charge in [-0.25, -0.2) is 0 Å². The highest BCUT2D eigenvalue weighted by molar-refractivity contribution is 6.00. The highest BCUT2D eigenvalue weighted by Crippen LogP contribution is 2.34. The summed E-state index contributed by atoms with van der Waals surface area (Å²) in [6.07, 6.45) is 5.35. The summed E-state index contributed by atoms with van der Waals surface area (Å²) in [5.41, 5.74) is -0.651. The van der Waals surface area contributed by atoms with Crippen molar-refractivity contribution in [3.63, 3.8) is 0 Å². The molecule has 0 aromatic heterocycles. The highest BCUT2D eigenvalue weighted by Gasteiger charge is 2.51. The number of ether oxygens (including phenoxy) is 1. The van der Waals surface area contributed by atoms with E-state index >= 15 is 0 Å². The highest BCUT2D eigenvalue weighted by atomic mass is 16.5. The first-order valence-electron chi connectivity index (χ1n) is 8.28. The van der Waals surface area contributed by atoms with E-state index in [1.807, 2.05) is 20.8 Å². The van der Waals surface area contributed by atoms with Gasteiger partial charge in [0.15, 0.2) is 0 Å². The zero-order valence-corrected chi connectivity index (χ0v) is 13.5. The van der Waals surface area contributed by atoms with Crippen LogP contribution in [0.25, 0.3) is 0 Å². The molecule has 5 nitrogen and oxygen atoms in total. The molecule has 2 amide bonds. The van der Waals surface area contributed by atoms with E-state index in [0.717, 1.165) is 32.1 Å². The number of carbonyl (C=O) groups excluding carboxylic acids is 2. The quantitative estimate of drug-likeness (QED) is 0.842. The van der Waals surface area contributed by atoms with Gasteiger partial charge in [-0.2, -0.15) is 0 Å². The molecule has 5 heteroatoms. The van der Waals surface area contributed by atoms with Gasteiger partial charge in [-0.3, -0.25) is 9.59 Å². The molecular weight excluding hydrogens is 268 g/mol. The fourth-order valence-electron chi connectivity index (χ4n) is 3.64. The number of nitrogens with one attached hydrogen (secondary N) is 1. The van der Waals surface area contributed by atoms with Crippen molar-refractivity contribution >= 4 is 11.8 Å². The first kappa shape index (κ1) is 16.3. The Balaban J connectivity index is 2.23. The van der Waals surface area contributed by atoms with Gasteiger partial charge in [0, 0.05) is 6.61 Å². The molecule has 1 spiro atoms. The van der Waals surface area contributed by atoms with Gasteiger partial charge in [-0.1, -0.05) is 26.2 Å². The maximum absolute atomic E-state index is 13.1. The molecule has 2 unspecified atom stereocenters. The van der Waals surface area contributed by atoms with E-state index < -0.39 is 5.54 Å². The zero-order chi connectivity index (χ0) is 15.5. The molecule has 2 fully saturated rings. The fourth-order valence-corrected chi connectivity index (χ4v) is 3.64. The van der Waals surface area contributed by atoms with E-state index in [-0.39, 0.29) is 23.9 Å². The minimum Gasteiger partial charge on any atom is -0.380 e. The normalized spacial score (nSPS) is 26.8. The average molecular weight is 296 g/mol. The van der Waals surface area contributed by atoms with Gasteiger partial charge in [0.05, 0.1) is 12.6 Å². The standard InChI is InChI=1S/C16H28N2O3/c1-4-13-14(19)17-16(9-7-6-8-10-16)15(20)18(13)12(3)11-21-5-2/h12-13H,4-11H2,1-3H3,(H,17,19). The molecule has 0 bridgehead atoms. The van der Waals surface area contributed by atoms with E-state index in [2.05, 4.69) is 5.32 Å². The van der Waals surface area contributed by atoms with E-state index in [1.54, 1.807) is 4.90 Å². The minimum absolute atomic E-state index is 0.00217. The van der Waals surface area contributed by atoms with Crippen LogP contribution >= 0.6 is 0 Å². The SMILES string of the molecule is CCOCC(C)N1C(=O)C2(CCCCC2)NC(=O)C1CC. The Kier molecular flexibility index (Phi) is 5.25. The van der Waals surface area contributed by atoms with Gasteiger partial charge in [-0.15, -0.1) is 0 Å². The Morgan fingerprint density at radius 3 is 2.52 bits per heavy atom. The summed E-state index contributed by atoms with van der Waals surface area (Å²) in [5, 5.41) is 3.05. The predicted octanol–water partition coefficient (Wildman–Crippen LogP) is 1.85. The number of amides is 2. The minimum atomic E-state index is -0.651. The Bertz CT molecular complexity index is 391. The van der Waals surface area contributed by atoms with Crippen molar-refractivity contribution in [3.8, 4) is 0 Å². The van der Waals surface area contributed by atoms with Crippen LogP contribution in [0.2, 0.25) is 0 Å². The number of piperazine rings is 1. The van der Waals surface area contributed by atoms with Crippen molar-refractivity contribution in [2.75, 3.05) is 13.2 Å². The molecule has 120 valence electrons. The number of carbonyl (C=O) groups is 2. The monoisotopic (exact) mass is 296 g/mol. The van der Waals surface area contributed by atoms with Gasteiger partial charge in [0.2, 0.25) is 11.8 Å². The molecule has 0 radical (unpaired) electrons. The van der Waals surface area contributed by atoms with Gasteiger partial charge >= 0.3 is 0 Å². The van der Waals surface area contributed by atoms with Crippen LogP contribution in [0.1, 0.15) is 59.3 Å². The van der Waals surface area contributed by atoms with Crippen LogP contribution in [0.4, 0.5) is 0 Å². The molecule has 0 aromatic rings. The topological polar surface area (TPSA) is 58.6 Å². The summed E-state index contributed by atoms with van der Waals surface area (Å²) in [6.45, 7) is 6.99. The molecule has 1 aliphatic carbocycles. The number of rotatable bonds is 5. The third-order valence-electron chi connectivity index (χ3n) is 4.78. The molecular formula is C16H28N2O3. The van der Waals surface area contributed by atoms with Crippen LogP contribution < -0.4 is 5.32 Å². The molecule has 2 atom stereocenters. The van der Waals surface area contributed by atoms with Gasteiger partial charge in [-0.05, 0) is 33.1 Å². The van der Waals surface area contributed by atoms with E-state index in [9.17, 15) is 9.59 Å². The Morgan fingerprint density at radius 1 is 1.29 bits per heavy atom. The third kappa shape index (κ3) is 3.07. The molecule has 0 aromatic carbocycles.